The fourth-order valence-corrected chi connectivity index (χ4v) is 3.11. The van der Waals surface area contributed by atoms with Gasteiger partial charge in [-0.25, -0.2) is 17.5 Å². The second-order valence-electron chi connectivity index (χ2n) is 6.47. The van der Waals surface area contributed by atoms with Crippen LogP contribution in [0.3, 0.4) is 0 Å². The van der Waals surface area contributed by atoms with E-state index in [1.807, 2.05) is 24.3 Å². The highest BCUT2D eigenvalue weighted by Gasteiger charge is 2.14. The maximum atomic E-state index is 12.8. The summed E-state index contributed by atoms with van der Waals surface area (Å²) in [5.74, 6) is 0.208. The number of nitrogens with one attached hydrogen (secondary N) is 1. The molecule has 0 fully saturated rings. The van der Waals surface area contributed by atoms with Crippen molar-refractivity contribution in [3.63, 3.8) is 0 Å². The third-order valence-corrected chi connectivity index (χ3v) is 4.98. The molecule has 24 heavy (non-hydrogen) atoms. The second-order valence-corrected chi connectivity index (χ2v) is 8.24. The van der Waals surface area contributed by atoms with Gasteiger partial charge >= 0.3 is 0 Å². The molecule has 0 unspecified atom stereocenters. The van der Waals surface area contributed by atoms with Gasteiger partial charge in [0.15, 0.2) is 0 Å². The van der Waals surface area contributed by atoms with Crippen LogP contribution in [0.4, 0.5) is 4.39 Å². The first-order valence-corrected chi connectivity index (χ1v) is 9.15. The Morgan fingerprint density at radius 2 is 1.58 bits per heavy atom. The average molecular weight is 351 g/mol. The Hall–Kier alpha value is -1.92. The SMILES string of the molecule is CC(C)(C)c1ccc(OCCNS(=O)(=O)c2ccc(F)cc2)cc1. The molecule has 0 spiro atoms. The first-order chi connectivity index (χ1) is 11.2. The van der Waals surface area contributed by atoms with Crippen molar-refractivity contribution in [2.45, 2.75) is 31.1 Å². The summed E-state index contributed by atoms with van der Waals surface area (Å²) in [7, 11) is -3.65. The van der Waals surface area contributed by atoms with Crippen LogP contribution in [-0.2, 0) is 15.4 Å². The summed E-state index contributed by atoms with van der Waals surface area (Å²) in [5.41, 5.74) is 1.27. The molecule has 2 aromatic carbocycles. The molecule has 0 aliphatic carbocycles. The lowest BCUT2D eigenvalue weighted by Crippen LogP contribution is -2.28. The Balaban J connectivity index is 1.85. The quantitative estimate of drug-likeness (QED) is 0.811. The van der Waals surface area contributed by atoms with Gasteiger partial charge in [0.2, 0.25) is 10.0 Å². The molecule has 0 saturated carbocycles. The average Bonchev–Trinajstić information content (AvgIpc) is 2.52. The van der Waals surface area contributed by atoms with E-state index in [2.05, 4.69) is 25.5 Å². The van der Waals surface area contributed by atoms with E-state index in [9.17, 15) is 12.8 Å². The van der Waals surface area contributed by atoms with Crippen LogP contribution in [-0.4, -0.2) is 21.6 Å². The lowest BCUT2D eigenvalue weighted by atomic mass is 9.87. The lowest BCUT2D eigenvalue weighted by Gasteiger charge is -2.19. The molecule has 6 heteroatoms. The number of rotatable bonds is 6. The molecule has 0 bridgehead atoms. The number of hydrogen-bond donors (Lipinski definition) is 1. The van der Waals surface area contributed by atoms with Gasteiger partial charge in [-0.3, -0.25) is 0 Å². The summed E-state index contributed by atoms with van der Waals surface area (Å²) >= 11 is 0. The first-order valence-electron chi connectivity index (χ1n) is 7.67. The molecule has 0 atom stereocenters. The number of halogens is 1. The monoisotopic (exact) mass is 351 g/mol. The Morgan fingerprint density at radius 1 is 1.00 bits per heavy atom. The molecular formula is C18H22FNO3S. The highest BCUT2D eigenvalue weighted by Crippen LogP contribution is 2.24. The number of ether oxygens (including phenoxy) is 1. The van der Waals surface area contributed by atoms with Crippen molar-refractivity contribution in [1.82, 2.24) is 4.72 Å². The Bertz CT molecular complexity index is 763. The van der Waals surface area contributed by atoms with Crippen LogP contribution >= 0.6 is 0 Å². The van der Waals surface area contributed by atoms with Crippen molar-refractivity contribution < 1.29 is 17.5 Å². The highest BCUT2D eigenvalue weighted by atomic mass is 32.2. The smallest absolute Gasteiger partial charge is 0.240 e. The minimum atomic E-state index is -3.65. The van der Waals surface area contributed by atoms with Crippen LogP contribution in [0.2, 0.25) is 0 Å². The predicted molar refractivity (Wildman–Crippen MR) is 92.2 cm³/mol. The van der Waals surface area contributed by atoms with Crippen LogP contribution in [0.15, 0.2) is 53.4 Å². The minimum absolute atomic E-state index is 0.0263. The van der Waals surface area contributed by atoms with E-state index < -0.39 is 15.8 Å². The van der Waals surface area contributed by atoms with E-state index >= 15 is 0 Å². The van der Waals surface area contributed by atoms with Crippen LogP contribution in [0.1, 0.15) is 26.3 Å². The Labute approximate surface area is 142 Å². The van der Waals surface area contributed by atoms with Crippen LogP contribution in [0.25, 0.3) is 0 Å². The summed E-state index contributed by atoms with van der Waals surface area (Å²) < 4.78 is 44.8. The van der Waals surface area contributed by atoms with Crippen molar-refractivity contribution in [3.05, 3.63) is 59.9 Å². The van der Waals surface area contributed by atoms with Crippen molar-refractivity contribution in [1.29, 1.82) is 0 Å². The Kier molecular flexibility index (Phi) is 5.62. The van der Waals surface area contributed by atoms with Gasteiger partial charge < -0.3 is 4.74 Å². The summed E-state index contributed by atoms with van der Waals surface area (Å²) in [6, 6.07) is 12.4. The highest BCUT2D eigenvalue weighted by molar-refractivity contribution is 7.89. The summed E-state index contributed by atoms with van der Waals surface area (Å²) in [6.07, 6.45) is 0. The lowest BCUT2D eigenvalue weighted by molar-refractivity contribution is 0.322. The zero-order chi connectivity index (χ0) is 17.8. The molecule has 4 nitrogen and oxygen atoms in total. The van der Waals surface area contributed by atoms with Gasteiger partial charge in [-0.05, 0) is 47.4 Å². The third kappa shape index (κ3) is 5.04. The fourth-order valence-electron chi connectivity index (χ4n) is 2.09. The summed E-state index contributed by atoms with van der Waals surface area (Å²) in [4.78, 5) is 0.0263. The van der Waals surface area contributed by atoms with Crippen molar-refractivity contribution >= 4 is 10.0 Å². The molecule has 0 heterocycles. The van der Waals surface area contributed by atoms with Crippen molar-refractivity contribution in [2.24, 2.45) is 0 Å². The van der Waals surface area contributed by atoms with E-state index in [1.165, 1.54) is 17.7 Å². The largest absolute Gasteiger partial charge is 0.492 e. The van der Waals surface area contributed by atoms with Crippen molar-refractivity contribution in [3.8, 4) is 5.75 Å². The molecule has 0 aromatic heterocycles. The van der Waals surface area contributed by atoms with Crippen LogP contribution in [0, 0.1) is 5.82 Å². The molecule has 0 radical (unpaired) electrons. The molecule has 0 saturated heterocycles. The van der Waals surface area contributed by atoms with Gasteiger partial charge in [0.1, 0.15) is 18.2 Å². The molecule has 2 aromatic rings. The zero-order valence-electron chi connectivity index (χ0n) is 14.0. The van der Waals surface area contributed by atoms with E-state index in [4.69, 9.17) is 4.74 Å². The maximum Gasteiger partial charge on any atom is 0.240 e. The van der Waals surface area contributed by atoms with E-state index in [-0.39, 0.29) is 23.5 Å². The van der Waals surface area contributed by atoms with Gasteiger partial charge in [0.25, 0.3) is 0 Å². The maximum absolute atomic E-state index is 12.8. The molecule has 0 aliphatic rings. The molecule has 0 amide bonds. The molecule has 130 valence electrons. The predicted octanol–water partition coefficient (Wildman–Crippen LogP) is 3.48. The normalized spacial score (nSPS) is 12.2. The van der Waals surface area contributed by atoms with Crippen LogP contribution in [0.5, 0.6) is 5.75 Å². The first kappa shape index (κ1) is 18.4. The van der Waals surface area contributed by atoms with Gasteiger partial charge in [-0.1, -0.05) is 32.9 Å². The van der Waals surface area contributed by atoms with Gasteiger partial charge in [-0.2, -0.15) is 0 Å². The molecule has 1 N–H and O–H groups in total. The standard InChI is InChI=1S/C18H22FNO3S/c1-18(2,3)14-4-8-16(9-5-14)23-13-12-20-24(21,22)17-10-6-15(19)7-11-17/h4-11,20H,12-13H2,1-3H3. The van der Waals surface area contributed by atoms with E-state index in [0.29, 0.717) is 5.75 Å². The number of sulfonamides is 1. The number of benzene rings is 2. The Morgan fingerprint density at radius 3 is 2.12 bits per heavy atom. The second kappa shape index (κ2) is 7.32. The summed E-state index contributed by atoms with van der Waals surface area (Å²) in [5, 5.41) is 0. The molecular weight excluding hydrogens is 329 g/mol. The number of hydrogen-bond acceptors (Lipinski definition) is 3. The topological polar surface area (TPSA) is 55.4 Å². The molecule has 0 aliphatic heterocycles. The van der Waals surface area contributed by atoms with E-state index in [0.717, 1.165) is 12.1 Å². The van der Waals surface area contributed by atoms with Gasteiger partial charge in [-0.15, -0.1) is 0 Å². The zero-order valence-corrected chi connectivity index (χ0v) is 14.9. The van der Waals surface area contributed by atoms with Gasteiger partial charge in [0.05, 0.1) is 4.90 Å². The van der Waals surface area contributed by atoms with Gasteiger partial charge in [0, 0.05) is 6.54 Å². The van der Waals surface area contributed by atoms with E-state index in [1.54, 1.807) is 0 Å². The third-order valence-electron chi connectivity index (χ3n) is 3.51. The minimum Gasteiger partial charge on any atom is -0.492 e. The van der Waals surface area contributed by atoms with Crippen LogP contribution < -0.4 is 9.46 Å². The summed E-state index contributed by atoms with van der Waals surface area (Å²) in [6.45, 7) is 6.73. The van der Waals surface area contributed by atoms with Crippen molar-refractivity contribution in [2.75, 3.05) is 13.2 Å². The molecule has 2 rings (SSSR count). The fraction of sp³-hybridized carbons (Fsp3) is 0.333.